The van der Waals surface area contributed by atoms with Crippen LogP contribution in [0.15, 0.2) is 46.9 Å². The molecule has 2 rings (SSSR count). The van der Waals surface area contributed by atoms with Crippen molar-refractivity contribution < 1.29 is 4.57 Å². The van der Waals surface area contributed by atoms with Gasteiger partial charge in [0.15, 0.2) is 0 Å². The van der Waals surface area contributed by atoms with Gasteiger partial charge >= 0.3 is 5.95 Å². The van der Waals surface area contributed by atoms with Crippen molar-refractivity contribution in [2.24, 2.45) is 24.3 Å². The molecule has 0 radical (unpaired) electrons. The highest BCUT2D eigenvalue weighted by atomic mass is 15.3. The molecule has 2 aromatic rings. The molecule has 1 aromatic heterocycles. The van der Waals surface area contributed by atoms with Crippen molar-refractivity contribution in [2.45, 2.75) is 0 Å². The average Bonchev–Trinajstić information content (AvgIpc) is 2.67. The van der Waals surface area contributed by atoms with Gasteiger partial charge in [0.25, 0.3) is 0 Å². The Bertz CT molecular complexity index is 505. The summed E-state index contributed by atoms with van der Waals surface area (Å²) >= 11 is 0. The fraction of sp³-hybridized carbons (Fsp3) is 0.250. The predicted molar refractivity (Wildman–Crippen MR) is 66.8 cm³/mol. The van der Waals surface area contributed by atoms with Gasteiger partial charge in [-0.25, -0.2) is 9.13 Å². The Morgan fingerprint density at radius 1 is 1.18 bits per heavy atom. The maximum absolute atomic E-state index is 4.22. The molecule has 1 heterocycles. The van der Waals surface area contributed by atoms with Crippen LogP contribution >= 0.6 is 0 Å². The molecule has 1 N–H and O–H groups in total. The first-order chi connectivity index (χ1) is 8.20. The summed E-state index contributed by atoms with van der Waals surface area (Å²) in [6, 6.07) is 7.80. The molecule has 0 amide bonds. The Balaban J connectivity index is 2.20. The molecule has 0 saturated heterocycles. The zero-order valence-electron chi connectivity index (χ0n) is 10.3. The number of nitrogens with one attached hydrogen (secondary N) is 1. The van der Waals surface area contributed by atoms with E-state index >= 15 is 0 Å². The second-order valence-electron chi connectivity index (χ2n) is 3.82. The number of azo groups is 1. The first-order valence-electron chi connectivity index (χ1n) is 5.41. The summed E-state index contributed by atoms with van der Waals surface area (Å²) in [4.78, 5) is 0. The zero-order chi connectivity index (χ0) is 12.3. The summed E-state index contributed by atoms with van der Waals surface area (Å²) in [5.74, 6) is 0.808. The summed E-state index contributed by atoms with van der Waals surface area (Å²) in [5, 5.41) is 11.5. The molecule has 0 saturated carbocycles. The second kappa shape index (κ2) is 4.78. The molecule has 0 aliphatic heterocycles. The van der Waals surface area contributed by atoms with Crippen LogP contribution in [0, 0.1) is 0 Å². The van der Waals surface area contributed by atoms with E-state index in [0.29, 0.717) is 0 Å². The van der Waals surface area contributed by atoms with E-state index in [1.165, 1.54) is 0 Å². The fourth-order valence-corrected chi connectivity index (χ4v) is 1.52. The Kier molecular flexibility index (Phi) is 3.18. The summed E-state index contributed by atoms with van der Waals surface area (Å²) in [6.07, 6.45) is 3.89. The van der Waals surface area contributed by atoms with E-state index in [4.69, 9.17) is 0 Å². The largest absolute Gasteiger partial charge is 0.421 e. The molecule has 0 aliphatic carbocycles. The highest BCUT2D eigenvalue weighted by molar-refractivity contribution is 5.50. The number of hydrogen-bond donors (Lipinski definition) is 1. The molecule has 0 atom stereocenters. The monoisotopic (exact) mass is 230 g/mol. The van der Waals surface area contributed by atoms with Gasteiger partial charge < -0.3 is 5.32 Å². The topological polar surface area (TPSA) is 45.6 Å². The van der Waals surface area contributed by atoms with E-state index in [0.717, 1.165) is 17.3 Å². The highest BCUT2D eigenvalue weighted by Gasteiger charge is 2.09. The maximum atomic E-state index is 4.22. The van der Waals surface area contributed by atoms with E-state index in [9.17, 15) is 0 Å². The molecular weight excluding hydrogens is 214 g/mol. The van der Waals surface area contributed by atoms with E-state index < -0.39 is 0 Å². The van der Waals surface area contributed by atoms with Gasteiger partial charge in [0.05, 0.1) is 26.5 Å². The number of imidazole rings is 1. The molecule has 5 heteroatoms. The number of benzene rings is 1. The predicted octanol–water partition coefficient (Wildman–Crippen LogP) is 2.31. The lowest BCUT2D eigenvalue weighted by Crippen LogP contribution is -2.25. The van der Waals surface area contributed by atoms with Gasteiger partial charge in [-0.1, -0.05) is 5.11 Å². The van der Waals surface area contributed by atoms with Crippen LogP contribution in [-0.4, -0.2) is 11.6 Å². The fourth-order valence-electron chi connectivity index (χ4n) is 1.52. The Hall–Kier alpha value is -2.17. The van der Waals surface area contributed by atoms with E-state index in [1.807, 2.05) is 66.9 Å². The van der Waals surface area contributed by atoms with Crippen molar-refractivity contribution in [1.82, 2.24) is 4.57 Å². The second-order valence-corrected chi connectivity index (χ2v) is 3.82. The van der Waals surface area contributed by atoms with Crippen molar-refractivity contribution in [2.75, 3.05) is 12.4 Å². The zero-order valence-corrected chi connectivity index (χ0v) is 10.3. The van der Waals surface area contributed by atoms with E-state index in [1.54, 1.807) is 0 Å². The van der Waals surface area contributed by atoms with Gasteiger partial charge in [-0.3, -0.25) is 0 Å². The number of hydrogen-bond acceptors (Lipinski definition) is 3. The molecular formula is C12H16N5+. The van der Waals surface area contributed by atoms with Crippen LogP contribution in [0.4, 0.5) is 17.3 Å². The molecule has 0 spiro atoms. The van der Waals surface area contributed by atoms with Gasteiger partial charge in [0.1, 0.15) is 5.69 Å². The third kappa shape index (κ3) is 2.50. The van der Waals surface area contributed by atoms with Crippen LogP contribution in [0.2, 0.25) is 0 Å². The molecule has 5 nitrogen and oxygen atoms in total. The first-order valence-corrected chi connectivity index (χ1v) is 5.41. The first kappa shape index (κ1) is 11.3. The minimum atomic E-state index is 0.808. The van der Waals surface area contributed by atoms with Crippen LogP contribution in [0.1, 0.15) is 0 Å². The standard InChI is InChI=1S/C12H15N5/c1-13-10-4-6-11(7-5-10)14-15-12-16(2)8-9-17(12)3/h4-9H,1-3H3/p+1. The lowest BCUT2D eigenvalue weighted by molar-refractivity contribution is -0.657. The Labute approximate surface area is 100 Å². The van der Waals surface area contributed by atoms with Crippen LogP contribution in [0.25, 0.3) is 0 Å². The number of anilines is 1. The normalized spacial score (nSPS) is 11.0. The number of aromatic nitrogens is 2. The van der Waals surface area contributed by atoms with Crippen LogP contribution in [-0.2, 0) is 14.1 Å². The van der Waals surface area contributed by atoms with Gasteiger partial charge in [0.2, 0.25) is 0 Å². The van der Waals surface area contributed by atoms with Gasteiger partial charge in [-0.2, -0.15) is 0 Å². The van der Waals surface area contributed by atoms with Gasteiger partial charge in [-0.15, -0.1) is 0 Å². The van der Waals surface area contributed by atoms with Crippen molar-refractivity contribution in [3.63, 3.8) is 0 Å². The SMILES string of the molecule is CNc1ccc(N=Nc2n(C)cc[n+]2C)cc1. The van der Waals surface area contributed by atoms with Crippen LogP contribution in [0.3, 0.4) is 0 Å². The lowest BCUT2D eigenvalue weighted by atomic mass is 10.3. The van der Waals surface area contributed by atoms with Crippen LogP contribution in [0.5, 0.6) is 0 Å². The Morgan fingerprint density at radius 2 is 1.88 bits per heavy atom. The molecule has 0 bridgehead atoms. The third-order valence-electron chi connectivity index (χ3n) is 2.56. The molecule has 0 aliphatic rings. The lowest BCUT2D eigenvalue weighted by Gasteiger charge is -1.97. The summed E-state index contributed by atoms with van der Waals surface area (Å²) in [6.45, 7) is 0. The molecule has 0 unspecified atom stereocenters. The third-order valence-corrected chi connectivity index (χ3v) is 2.56. The molecule has 17 heavy (non-hydrogen) atoms. The average molecular weight is 230 g/mol. The van der Waals surface area contributed by atoms with E-state index in [-0.39, 0.29) is 0 Å². The minimum absolute atomic E-state index is 0.808. The number of aryl methyl sites for hydroxylation is 2. The minimum Gasteiger partial charge on any atom is -0.388 e. The molecule has 88 valence electrons. The van der Waals surface area contributed by atoms with Crippen molar-refractivity contribution in [3.05, 3.63) is 36.7 Å². The molecule has 1 aromatic carbocycles. The van der Waals surface area contributed by atoms with Crippen molar-refractivity contribution in [3.8, 4) is 0 Å². The van der Waals surface area contributed by atoms with Gasteiger partial charge in [0, 0.05) is 17.8 Å². The summed E-state index contributed by atoms with van der Waals surface area (Å²) in [7, 11) is 5.78. The Morgan fingerprint density at radius 3 is 2.41 bits per heavy atom. The number of rotatable bonds is 3. The van der Waals surface area contributed by atoms with Crippen molar-refractivity contribution >= 4 is 17.3 Å². The smallest absolute Gasteiger partial charge is 0.388 e. The quantitative estimate of drug-likeness (QED) is 0.638. The van der Waals surface area contributed by atoms with Gasteiger partial charge in [-0.05, 0) is 24.3 Å². The van der Waals surface area contributed by atoms with Crippen LogP contribution < -0.4 is 9.88 Å². The van der Waals surface area contributed by atoms with E-state index in [2.05, 4.69) is 15.5 Å². The summed E-state index contributed by atoms with van der Waals surface area (Å²) in [5.41, 5.74) is 1.90. The summed E-state index contributed by atoms with van der Waals surface area (Å²) < 4.78 is 3.84. The van der Waals surface area contributed by atoms with Crippen molar-refractivity contribution in [1.29, 1.82) is 0 Å². The number of nitrogens with zero attached hydrogens (tertiary/aromatic N) is 4. The highest BCUT2D eigenvalue weighted by Crippen LogP contribution is 2.18. The maximum Gasteiger partial charge on any atom is 0.421 e. The molecule has 0 fully saturated rings.